The molecule has 0 spiro atoms. The fraction of sp³-hybridized carbons (Fsp3) is 0. The van der Waals surface area contributed by atoms with Gasteiger partial charge in [-0.15, -0.1) is 0 Å². The maximum absolute atomic E-state index is 13.1. The number of pyridine rings is 2. The number of aromatic nitrogens is 3. The summed E-state index contributed by atoms with van der Waals surface area (Å²) >= 11 is 6.42. The van der Waals surface area contributed by atoms with Gasteiger partial charge in [-0.2, -0.15) is 0 Å². The Bertz CT molecular complexity index is 1000. The number of fused-ring (bicyclic) bond motifs is 1. The third-order valence-electron chi connectivity index (χ3n) is 3.25. The molecule has 0 aliphatic rings. The van der Waals surface area contributed by atoms with Gasteiger partial charge in [-0.05, 0) is 58.4 Å². The lowest BCUT2D eigenvalue weighted by Gasteiger charge is -2.09. The lowest BCUT2D eigenvalue weighted by atomic mass is 10.4. The van der Waals surface area contributed by atoms with Crippen LogP contribution in [0.5, 0.6) is 0 Å². The fourth-order valence-corrected chi connectivity index (χ4v) is 4.35. The molecule has 4 aromatic rings. The number of hydrogen-bond acceptors (Lipinski definition) is 6. The quantitative estimate of drug-likeness (QED) is 0.436. The first-order valence-electron chi connectivity index (χ1n) is 7.25. The first-order valence-corrected chi connectivity index (χ1v) is 9.67. The molecule has 0 amide bonds. The van der Waals surface area contributed by atoms with E-state index in [4.69, 9.17) is 0 Å². The predicted molar refractivity (Wildman–Crippen MR) is 103 cm³/mol. The molecule has 0 bridgehead atoms. The van der Waals surface area contributed by atoms with Crippen molar-refractivity contribution in [2.75, 3.05) is 5.32 Å². The normalized spacial score (nSPS) is 11.0. The first-order chi connectivity index (χ1) is 12.2. The van der Waals surface area contributed by atoms with Crippen molar-refractivity contribution in [3.8, 4) is 0 Å². The van der Waals surface area contributed by atoms with Crippen molar-refractivity contribution in [2.45, 2.75) is 9.79 Å². The minimum absolute atomic E-state index is 0.253. The maximum atomic E-state index is 13.1. The van der Waals surface area contributed by atoms with Crippen molar-refractivity contribution in [2.24, 2.45) is 0 Å². The zero-order valence-corrected chi connectivity index (χ0v) is 15.8. The zero-order chi connectivity index (χ0) is 17.2. The van der Waals surface area contributed by atoms with E-state index in [1.54, 1.807) is 24.5 Å². The van der Waals surface area contributed by atoms with Gasteiger partial charge in [-0.1, -0.05) is 23.1 Å². The number of halogens is 2. The Morgan fingerprint density at radius 1 is 1.12 bits per heavy atom. The first kappa shape index (κ1) is 16.4. The summed E-state index contributed by atoms with van der Waals surface area (Å²) in [6.07, 6.45) is 3.47. The average molecular weight is 433 g/mol. The van der Waals surface area contributed by atoms with Crippen LogP contribution in [0.15, 0.2) is 69.1 Å². The predicted octanol–water partition coefficient (Wildman–Crippen LogP) is 5.88. The molecule has 25 heavy (non-hydrogen) atoms. The summed E-state index contributed by atoms with van der Waals surface area (Å²) in [5, 5.41) is 3.99. The molecule has 1 aromatic carbocycles. The molecule has 3 aromatic heterocycles. The number of nitrogens with one attached hydrogen (secondary N) is 1. The van der Waals surface area contributed by atoms with Crippen LogP contribution in [0.25, 0.3) is 10.3 Å². The van der Waals surface area contributed by atoms with Crippen LogP contribution in [-0.4, -0.2) is 15.0 Å². The lowest BCUT2D eigenvalue weighted by Crippen LogP contribution is -1.95. The highest BCUT2D eigenvalue weighted by Crippen LogP contribution is 2.36. The smallest absolute Gasteiger partial charge is 0.190 e. The van der Waals surface area contributed by atoms with Crippen LogP contribution < -0.4 is 5.32 Å². The van der Waals surface area contributed by atoms with Crippen molar-refractivity contribution >= 4 is 60.3 Å². The van der Waals surface area contributed by atoms with Gasteiger partial charge in [0, 0.05) is 21.8 Å². The van der Waals surface area contributed by atoms with E-state index in [0.29, 0.717) is 5.82 Å². The van der Waals surface area contributed by atoms with Crippen LogP contribution >= 0.6 is 39.0 Å². The summed E-state index contributed by atoms with van der Waals surface area (Å²) in [6.45, 7) is 0. The zero-order valence-electron chi connectivity index (χ0n) is 12.6. The van der Waals surface area contributed by atoms with Crippen molar-refractivity contribution in [1.82, 2.24) is 15.0 Å². The topological polar surface area (TPSA) is 50.7 Å². The van der Waals surface area contributed by atoms with Crippen LogP contribution in [0.4, 0.5) is 15.3 Å². The minimum Gasteiger partial charge on any atom is -0.315 e. The highest BCUT2D eigenvalue weighted by Gasteiger charge is 2.11. The van der Waals surface area contributed by atoms with E-state index in [9.17, 15) is 4.39 Å². The SMILES string of the molecule is Fc1ccc(Sc2cc(Br)cnc2Nc2nc3cccnc3s2)cc1. The molecule has 8 heteroatoms. The Kier molecular flexibility index (Phi) is 4.65. The molecule has 0 unspecified atom stereocenters. The van der Waals surface area contributed by atoms with Gasteiger partial charge in [0.2, 0.25) is 0 Å². The molecule has 0 aliphatic carbocycles. The molecule has 0 atom stereocenters. The number of nitrogens with zero attached hydrogens (tertiary/aromatic N) is 3. The van der Waals surface area contributed by atoms with Gasteiger partial charge in [-0.3, -0.25) is 0 Å². The van der Waals surface area contributed by atoms with Gasteiger partial charge >= 0.3 is 0 Å². The molecule has 0 radical (unpaired) electrons. The largest absolute Gasteiger partial charge is 0.315 e. The molecular formula is C17H10BrFN4S2. The van der Waals surface area contributed by atoms with Gasteiger partial charge in [-0.25, -0.2) is 19.3 Å². The highest BCUT2D eigenvalue weighted by atomic mass is 79.9. The van der Waals surface area contributed by atoms with E-state index < -0.39 is 0 Å². The summed E-state index contributed by atoms with van der Waals surface area (Å²) in [6, 6.07) is 12.1. The molecule has 4 rings (SSSR count). The van der Waals surface area contributed by atoms with Crippen molar-refractivity contribution in [3.05, 3.63) is 65.1 Å². The van der Waals surface area contributed by atoms with E-state index in [1.165, 1.54) is 35.2 Å². The monoisotopic (exact) mass is 432 g/mol. The molecule has 1 N–H and O–H groups in total. The summed E-state index contributed by atoms with van der Waals surface area (Å²) in [5.41, 5.74) is 0.847. The van der Waals surface area contributed by atoms with Gasteiger partial charge in [0.15, 0.2) is 5.13 Å². The number of thiazole rings is 1. The van der Waals surface area contributed by atoms with E-state index in [1.807, 2.05) is 18.2 Å². The average Bonchev–Trinajstić information content (AvgIpc) is 3.02. The number of rotatable bonds is 4. The number of hydrogen-bond donors (Lipinski definition) is 1. The number of anilines is 2. The van der Waals surface area contributed by atoms with Crippen LogP contribution in [0.3, 0.4) is 0 Å². The second kappa shape index (κ2) is 7.07. The van der Waals surface area contributed by atoms with Crippen molar-refractivity contribution < 1.29 is 4.39 Å². The van der Waals surface area contributed by atoms with E-state index >= 15 is 0 Å². The molecule has 0 fully saturated rings. The van der Waals surface area contributed by atoms with Crippen molar-refractivity contribution in [1.29, 1.82) is 0 Å². The van der Waals surface area contributed by atoms with Gasteiger partial charge in [0.1, 0.15) is 22.0 Å². The van der Waals surface area contributed by atoms with Crippen LogP contribution in [-0.2, 0) is 0 Å². The summed E-state index contributed by atoms with van der Waals surface area (Å²) < 4.78 is 14.0. The molecule has 0 aliphatic heterocycles. The molecule has 0 saturated heterocycles. The Morgan fingerprint density at radius 2 is 1.96 bits per heavy atom. The van der Waals surface area contributed by atoms with Crippen LogP contribution in [0.2, 0.25) is 0 Å². The second-order valence-electron chi connectivity index (χ2n) is 5.03. The molecule has 4 nitrogen and oxygen atoms in total. The minimum atomic E-state index is -0.253. The second-order valence-corrected chi connectivity index (χ2v) is 8.04. The lowest BCUT2D eigenvalue weighted by molar-refractivity contribution is 0.626. The Labute approximate surface area is 159 Å². The molecule has 3 heterocycles. The summed E-state index contributed by atoms with van der Waals surface area (Å²) in [4.78, 5) is 16.0. The van der Waals surface area contributed by atoms with Gasteiger partial charge < -0.3 is 5.32 Å². The molecular weight excluding hydrogens is 423 g/mol. The maximum Gasteiger partial charge on any atom is 0.190 e. The molecule has 124 valence electrons. The van der Waals surface area contributed by atoms with Crippen LogP contribution in [0, 0.1) is 5.82 Å². The fourth-order valence-electron chi connectivity index (χ4n) is 2.15. The van der Waals surface area contributed by atoms with E-state index in [0.717, 1.165) is 29.7 Å². The highest BCUT2D eigenvalue weighted by molar-refractivity contribution is 9.10. The van der Waals surface area contributed by atoms with Crippen molar-refractivity contribution in [3.63, 3.8) is 0 Å². The third kappa shape index (κ3) is 3.81. The van der Waals surface area contributed by atoms with Crippen LogP contribution in [0.1, 0.15) is 0 Å². The molecule has 0 saturated carbocycles. The van der Waals surface area contributed by atoms with E-state index in [2.05, 4.69) is 36.2 Å². The Morgan fingerprint density at radius 3 is 2.76 bits per heavy atom. The summed E-state index contributed by atoms with van der Waals surface area (Å²) in [5.74, 6) is 0.439. The van der Waals surface area contributed by atoms with Gasteiger partial charge in [0.05, 0.1) is 4.90 Å². The summed E-state index contributed by atoms with van der Waals surface area (Å²) in [7, 11) is 0. The van der Waals surface area contributed by atoms with Gasteiger partial charge in [0.25, 0.3) is 0 Å². The Hall–Kier alpha value is -2.03. The van der Waals surface area contributed by atoms with E-state index in [-0.39, 0.29) is 5.82 Å². The third-order valence-corrected chi connectivity index (χ3v) is 5.62. The Balaban J connectivity index is 1.65. The number of benzene rings is 1. The standard InChI is InChI=1S/C17H10BrFN4S2/c18-10-8-14(24-12-5-3-11(19)4-6-12)15(21-9-10)23-17-22-13-2-1-7-20-16(13)25-17/h1-9H,(H,21,22,23).